The number of hydrogen-bond acceptors (Lipinski definition) is 4. The molecule has 0 saturated heterocycles. The highest BCUT2D eigenvalue weighted by Gasteiger charge is 2.30. The van der Waals surface area contributed by atoms with Crippen molar-refractivity contribution in [3.8, 4) is 0 Å². The van der Waals surface area contributed by atoms with Gasteiger partial charge in [-0.2, -0.15) is 13.2 Å². The first-order valence-electron chi connectivity index (χ1n) is 5.41. The minimum atomic E-state index is -4.43. The Bertz CT molecular complexity index is 484. The monoisotopic (exact) mass is 274 g/mol. The van der Waals surface area contributed by atoms with Gasteiger partial charge in [0, 0.05) is 5.69 Å². The summed E-state index contributed by atoms with van der Waals surface area (Å²) in [7, 11) is 0. The summed E-state index contributed by atoms with van der Waals surface area (Å²) in [6.07, 6.45) is -3.47. The number of halogens is 3. The molecule has 0 radical (unpaired) electrons. The average molecular weight is 274 g/mol. The van der Waals surface area contributed by atoms with Gasteiger partial charge in [0.05, 0.1) is 18.2 Å². The molecule has 0 unspecified atom stereocenters. The van der Waals surface area contributed by atoms with E-state index in [2.05, 4.69) is 10.1 Å². The molecule has 0 aliphatic heterocycles. The number of nitrogens with one attached hydrogen (secondary N) is 1. The molecule has 104 valence electrons. The first kappa shape index (κ1) is 14.9. The average Bonchev–Trinajstić information content (AvgIpc) is 2.28. The first-order chi connectivity index (χ1) is 8.82. The zero-order chi connectivity index (χ0) is 14.5. The van der Waals surface area contributed by atoms with Crippen molar-refractivity contribution in [1.82, 2.24) is 0 Å². The van der Waals surface area contributed by atoms with Crippen LogP contribution in [0.3, 0.4) is 0 Å². The molecule has 1 aromatic rings. The highest BCUT2D eigenvalue weighted by Crippen LogP contribution is 2.30. The Balaban J connectivity index is 2.80. The van der Waals surface area contributed by atoms with Crippen molar-refractivity contribution < 1.29 is 22.7 Å². The maximum Gasteiger partial charge on any atom is 0.416 e. The van der Waals surface area contributed by atoms with Crippen LogP contribution in [0, 0.1) is 0 Å². The summed E-state index contributed by atoms with van der Waals surface area (Å²) in [6, 6.07) is 4.48. The maximum atomic E-state index is 12.5. The van der Waals surface area contributed by atoms with Crippen LogP contribution in [0.4, 0.5) is 18.9 Å². The third kappa shape index (κ3) is 4.90. The molecule has 19 heavy (non-hydrogen) atoms. The molecule has 0 aliphatic rings. The number of carbonyl (C=O) groups excluding carboxylic acids is 1. The summed E-state index contributed by atoms with van der Waals surface area (Å²) >= 11 is 0. The van der Waals surface area contributed by atoms with Crippen LogP contribution in [-0.4, -0.2) is 12.6 Å². The molecule has 0 saturated carbocycles. The SMILES string of the molecule is CCOC(=O)/C=C(\N)Nc1cccc(C(F)(F)F)c1. The van der Waals surface area contributed by atoms with Crippen molar-refractivity contribution in [3.63, 3.8) is 0 Å². The largest absolute Gasteiger partial charge is 0.463 e. The number of alkyl halides is 3. The van der Waals surface area contributed by atoms with Crippen LogP contribution in [0.2, 0.25) is 0 Å². The number of anilines is 1. The summed E-state index contributed by atoms with van der Waals surface area (Å²) < 4.78 is 42.0. The topological polar surface area (TPSA) is 64.3 Å². The summed E-state index contributed by atoms with van der Waals surface area (Å²) in [5, 5.41) is 2.48. The fourth-order valence-corrected chi connectivity index (χ4v) is 1.29. The van der Waals surface area contributed by atoms with Crippen molar-refractivity contribution in [3.05, 3.63) is 41.7 Å². The number of esters is 1. The molecule has 0 fully saturated rings. The van der Waals surface area contributed by atoms with Crippen molar-refractivity contribution in [1.29, 1.82) is 0 Å². The summed E-state index contributed by atoms with van der Waals surface area (Å²) in [5.74, 6) is -0.766. The van der Waals surface area contributed by atoms with Gasteiger partial charge in [-0.05, 0) is 25.1 Å². The smallest absolute Gasteiger partial charge is 0.416 e. The van der Waals surface area contributed by atoms with E-state index >= 15 is 0 Å². The molecule has 0 amide bonds. The molecular formula is C12H13F3N2O2. The van der Waals surface area contributed by atoms with Crippen LogP contribution in [0.1, 0.15) is 12.5 Å². The van der Waals surface area contributed by atoms with Gasteiger partial charge in [-0.1, -0.05) is 6.07 Å². The Morgan fingerprint density at radius 1 is 1.47 bits per heavy atom. The van der Waals surface area contributed by atoms with E-state index in [-0.39, 0.29) is 18.1 Å². The standard InChI is InChI=1S/C12H13F3N2O2/c1-2-19-11(18)7-10(16)17-9-5-3-4-8(6-9)12(13,14)15/h3-7,17H,2,16H2,1H3/b10-7+. The molecule has 7 heteroatoms. The van der Waals surface area contributed by atoms with Gasteiger partial charge in [0.25, 0.3) is 0 Å². The third-order valence-corrected chi connectivity index (χ3v) is 2.04. The quantitative estimate of drug-likeness (QED) is 0.654. The lowest BCUT2D eigenvalue weighted by atomic mass is 10.2. The van der Waals surface area contributed by atoms with Gasteiger partial charge in [0.1, 0.15) is 5.82 Å². The van der Waals surface area contributed by atoms with Crippen LogP contribution in [0.15, 0.2) is 36.2 Å². The Morgan fingerprint density at radius 3 is 2.74 bits per heavy atom. The van der Waals surface area contributed by atoms with E-state index in [4.69, 9.17) is 5.73 Å². The molecule has 1 rings (SSSR count). The van der Waals surface area contributed by atoms with Crippen LogP contribution in [0.5, 0.6) is 0 Å². The summed E-state index contributed by atoms with van der Waals surface area (Å²) in [5.41, 5.74) is 4.79. The zero-order valence-corrected chi connectivity index (χ0v) is 10.1. The van der Waals surface area contributed by atoms with E-state index in [0.717, 1.165) is 18.2 Å². The van der Waals surface area contributed by atoms with Crippen molar-refractivity contribution in [2.45, 2.75) is 13.1 Å². The van der Waals surface area contributed by atoms with Crippen LogP contribution in [0.25, 0.3) is 0 Å². The molecular weight excluding hydrogens is 261 g/mol. The number of rotatable bonds is 4. The summed E-state index contributed by atoms with van der Waals surface area (Å²) in [6.45, 7) is 1.81. The predicted molar refractivity (Wildman–Crippen MR) is 64.0 cm³/mol. The number of carbonyl (C=O) groups is 1. The molecule has 4 nitrogen and oxygen atoms in total. The fourth-order valence-electron chi connectivity index (χ4n) is 1.29. The maximum absolute atomic E-state index is 12.5. The van der Waals surface area contributed by atoms with E-state index in [1.165, 1.54) is 12.1 Å². The second-order valence-corrected chi connectivity index (χ2v) is 3.56. The molecule has 0 aromatic heterocycles. The van der Waals surface area contributed by atoms with Gasteiger partial charge in [-0.15, -0.1) is 0 Å². The number of ether oxygens (including phenoxy) is 1. The molecule has 0 bridgehead atoms. The van der Waals surface area contributed by atoms with Crippen LogP contribution >= 0.6 is 0 Å². The van der Waals surface area contributed by atoms with Crippen molar-refractivity contribution >= 4 is 11.7 Å². The Labute approximate surface area is 108 Å². The molecule has 0 heterocycles. The zero-order valence-electron chi connectivity index (χ0n) is 10.1. The fraction of sp³-hybridized carbons (Fsp3) is 0.250. The molecule has 3 N–H and O–H groups in total. The predicted octanol–water partition coefficient (Wildman–Crippen LogP) is 2.48. The van der Waals surface area contributed by atoms with Crippen LogP contribution < -0.4 is 11.1 Å². The first-order valence-corrected chi connectivity index (χ1v) is 5.41. The minimum Gasteiger partial charge on any atom is -0.463 e. The second-order valence-electron chi connectivity index (χ2n) is 3.56. The van der Waals surface area contributed by atoms with E-state index in [1.807, 2.05) is 0 Å². The number of hydrogen-bond donors (Lipinski definition) is 2. The van der Waals surface area contributed by atoms with Crippen molar-refractivity contribution in [2.75, 3.05) is 11.9 Å². The highest BCUT2D eigenvalue weighted by molar-refractivity contribution is 5.83. The minimum absolute atomic E-state index is 0.0993. The molecule has 0 aliphatic carbocycles. The Morgan fingerprint density at radius 2 is 2.16 bits per heavy atom. The van der Waals surface area contributed by atoms with Crippen LogP contribution in [-0.2, 0) is 15.7 Å². The lowest BCUT2D eigenvalue weighted by Gasteiger charge is -2.10. The van der Waals surface area contributed by atoms with E-state index in [0.29, 0.717) is 0 Å². The van der Waals surface area contributed by atoms with E-state index < -0.39 is 17.7 Å². The van der Waals surface area contributed by atoms with E-state index in [9.17, 15) is 18.0 Å². The van der Waals surface area contributed by atoms with Gasteiger partial charge in [-0.25, -0.2) is 4.79 Å². The van der Waals surface area contributed by atoms with Gasteiger partial charge < -0.3 is 15.8 Å². The lowest BCUT2D eigenvalue weighted by molar-refractivity contribution is -0.138. The number of nitrogens with two attached hydrogens (primary N) is 1. The van der Waals surface area contributed by atoms with Crippen molar-refractivity contribution in [2.24, 2.45) is 5.73 Å². The third-order valence-electron chi connectivity index (χ3n) is 2.04. The molecule has 0 atom stereocenters. The Kier molecular flexibility index (Phi) is 4.80. The highest BCUT2D eigenvalue weighted by atomic mass is 19.4. The lowest BCUT2D eigenvalue weighted by Crippen LogP contribution is -2.13. The molecule has 0 spiro atoms. The van der Waals surface area contributed by atoms with Gasteiger partial charge in [0.15, 0.2) is 0 Å². The molecule has 1 aromatic carbocycles. The van der Waals surface area contributed by atoms with E-state index in [1.54, 1.807) is 6.92 Å². The second kappa shape index (κ2) is 6.12. The number of benzene rings is 1. The summed E-state index contributed by atoms with van der Waals surface area (Å²) in [4.78, 5) is 11.1. The van der Waals surface area contributed by atoms with Gasteiger partial charge in [0.2, 0.25) is 0 Å². The van der Waals surface area contributed by atoms with Gasteiger partial charge in [-0.3, -0.25) is 0 Å². The normalized spacial score (nSPS) is 12.1. The Hall–Kier alpha value is -2.18. The van der Waals surface area contributed by atoms with Gasteiger partial charge >= 0.3 is 12.1 Å².